The van der Waals surface area contributed by atoms with Gasteiger partial charge in [-0.3, -0.25) is 9.69 Å². The van der Waals surface area contributed by atoms with E-state index in [-0.39, 0.29) is 29.5 Å². The van der Waals surface area contributed by atoms with Crippen LogP contribution < -0.4 is 10.1 Å². The minimum absolute atomic E-state index is 0.111. The predicted molar refractivity (Wildman–Crippen MR) is 128 cm³/mol. The van der Waals surface area contributed by atoms with Crippen molar-refractivity contribution < 1.29 is 17.9 Å². The Morgan fingerprint density at radius 2 is 1.88 bits per heavy atom. The third-order valence-corrected chi connectivity index (χ3v) is 8.25. The first-order chi connectivity index (χ1) is 15.8. The molecule has 3 heterocycles. The van der Waals surface area contributed by atoms with Gasteiger partial charge in [0, 0.05) is 44.1 Å². The summed E-state index contributed by atoms with van der Waals surface area (Å²) < 4.78 is 36.0. The van der Waals surface area contributed by atoms with Crippen LogP contribution >= 0.6 is 0 Å². The molecule has 9 heteroatoms. The SMILES string of the molecule is CC(C)Oc1ccc(S(=O)(=O)N2CCCCC2)cc1NC(=O)CN1CCn2cccc2C1C. The number of amides is 1. The number of fused-ring (bicyclic) bond motifs is 1. The molecule has 0 aliphatic carbocycles. The van der Waals surface area contributed by atoms with Crippen molar-refractivity contribution in [3.8, 4) is 5.75 Å². The van der Waals surface area contributed by atoms with E-state index in [0.29, 0.717) is 24.5 Å². The van der Waals surface area contributed by atoms with Crippen LogP contribution in [-0.4, -0.2) is 60.4 Å². The van der Waals surface area contributed by atoms with Crippen LogP contribution in [0.4, 0.5) is 5.69 Å². The minimum atomic E-state index is -3.62. The summed E-state index contributed by atoms with van der Waals surface area (Å²) in [5.41, 5.74) is 1.58. The lowest BCUT2D eigenvalue weighted by Crippen LogP contribution is -2.41. The van der Waals surface area contributed by atoms with Crippen LogP contribution in [0.15, 0.2) is 41.4 Å². The molecule has 1 aromatic carbocycles. The molecule has 0 saturated carbocycles. The molecule has 1 atom stereocenters. The van der Waals surface area contributed by atoms with Crippen molar-refractivity contribution in [2.75, 3.05) is 31.5 Å². The number of sulfonamides is 1. The van der Waals surface area contributed by atoms with Gasteiger partial charge in [0.1, 0.15) is 5.75 Å². The minimum Gasteiger partial charge on any atom is -0.489 e. The molecule has 1 amide bonds. The van der Waals surface area contributed by atoms with E-state index in [1.165, 1.54) is 16.1 Å². The standard InChI is InChI=1S/C24H34N4O4S/c1-18(2)32-23-10-9-20(33(30,31)28-12-5-4-6-13-28)16-21(23)25-24(29)17-27-15-14-26-11-7-8-22(26)19(27)3/h7-11,16,18-19H,4-6,12-15,17H2,1-3H3,(H,25,29). The van der Waals surface area contributed by atoms with E-state index in [0.717, 1.165) is 32.4 Å². The number of benzene rings is 1. The number of piperidine rings is 1. The highest BCUT2D eigenvalue weighted by atomic mass is 32.2. The molecule has 0 bridgehead atoms. The van der Waals surface area contributed by atoms with E-state index < -0.39 is 10.0 Å². The number of rotatable bonds is 7. The fraction of sp³-hybridized carbons (Fsp3) is 0.542. The molecule has 1 fully saturated rings. The molecular formula is C24H34N4O4S. The number of nitrogens with zero attached hydrogens (tertiary/aromatic N) is 3. The maximum atomic E-state index is 13.2. The Balaban J connectivity index is 1.53. The number of hydrogen-bond acceptors (Lipinski definition) is 5. The molecule has 1 aromatic heterocycles. The second-order valence-electron chi connectivity index (χ2n) is 9.11. The lowest BCUT2D eigenvalue weighted by Gasteiger charge is -2.34. The van der Waals surface area contributed by atoms with Gasteiger partial charge in [-0.05, 0) is 63.9 Å². The van der Waals surface area contributed by atoms with Crippen LogP contribution in [0, 0.1) is 0 Å². The van der Waals surface area contributed by atoms with Crippen molar-refractivity contribution in [3.63, 3.8) is 0 Å². The molecule has 33 heavy (non-hydrogen) atoms. The summed E-state index contributed by atoms with van der Waals surface area (Å²) in [6.07, 6.45) is 4.74. The van der Waals surface area contributed by atoms with Gasteiger partial charge in [-0.1, -0.05) is 6.42 Å². The summed E-state index contributed by atoms with van der Waals surface area (Å²) in [4.78, 5) is 15.3. The Labute approximate surface area is 196 Å². The molecule has 1 unspecified atom stereocenters. The highest BCUT2D eigenvalue weighted by Gasteiger charge is 2.28. The zero-order chi connectivity index (χ0) is 23.6. The van der Waals surface area contributed by atoms with Gasteiger partial charge in [0.2, 0.25) is 15.9 Å². The van der Waals surface area contributed by atoms with Gasteiger partial charge >= 0.3 is 0 Å². The van der Waals surface area contributed by atoms with E-state index in [1.54, 1.807) is 12.1 Å². The summed E-state index contributed by atoms with van der Waals surface area (Å²) in [5, 5.41) is 2.92. The maximum Gasteiger partial charge on any atom is 0.243 e. The fourth-order valence-electron chi connectivity index (χ4n) is 4.60. The molecule has 1 saturated heterocycles. The molecule has 8 nitrogen and oxygen atoms in total. The van der Waals surface area contributed by atoms with E-state index in [1.807, 2.05) is 19.9 Å². The Morgan fingerprint density at radius 3 is 2.61 bits per heavy atom. The monoisotopic (exact) mass is 474 g/mol. The summed E-state index contributed by atoms with van der Waals surface area (Å²) in [6.45, 7) is 8.78. The highest BCUT2D eigenvalue weighted by molar-refractivity contribution is 7.89. The van der Waals surface area contributed by atoms with Crippen LogP contribution in [0.1, 0.15) is 51.8 Å². The number of aromatic nitrogens is 1. The largest absolute Gasteiger partial charge is 0.489 e. The van der Waals surface area contributed by atoms with Gasteiger partial charge in [-0.15, -0.1) is 0 Å². The molecule has 4 rings (SSSR count). The number of nitrogens with one attached hydrogen (secondary N) is 1. The predicted octanol–water partition coefficient (Wildman–Crippen LogP) is 3.47. The topological polar surface area (TPSA) is 83.9 Å². The van der Waals surface area contributed by atoms with Crippen LogP contribution in [0.5, 0.6) is 5.75 Å². The van der Waals surface area contributed by atoms with Crippen molar-refractivity contribution in [2.45, 2.75) is 63.6 Å². The van der Waals surface area contributed by atoms with E-state index in [9.17, 15) is 13.2 Å². The Kier molecular flexibility index (Phi) is 7.11. The summed E-state index contributed by atoms with van der Waals surface area (Å²) in [5.74, 6) is 0.277. The smallest absolute Gasteiger partial charge is 0.243 e. The zero-order valence-corrected chi connectivity index (χ0v) is 20.5. The lowest BCUT2D eigenvalue weighted by atomic mass is 10.1. The van der Waals surface area contributed by atoms with Crippen molar-refractivity contribution in [1.29, 1.82) is 0 Å². The summed E-state index contributed by atoms with van der Waals surface area (Å²) >= 11 is 0. The Hall–Kier alpha value is -2.36. The first-order valence-corrected chi connectivity index (χ1v) is 13.2. The van der Waals surface area contributed by atoms with Crippen molar-refractivity contribution in [1.82, 2.24) is 13.8 Å². The number of hydrogen-bond donors (Lipinski definition) is 1. The average molecular weight is 475 g/mol. The van der Waals surface area contributed by atoms with Crippen molar-refractivity contribution >= 4 is 21.6 Å². The second kappa shape index (κ2) is 9.87. The van der Waals surface area contributed by atoms with Gasteiger partial charge in [-0.25, -0.2) is 8.42 Å². The Bertz CT molecular complexity index is 1090. The van der Waals surface area contributed by atoms with Crippen LogP contribution in [-0.2, 0) is 21.4 Å². The second-order valence-corrected chi connectivity index (χ2v) is 11.0. The molecule has 1 N–H and O–H groups in total. The van der Waals surface area contributed by atoms with Crippen LogP contribution in [0.3, 0.4) is 0 Å². The third kappa shape index (κ3) is 5.26. The normalized spacial score (nSPS) is 19.9. The van der Waals surface area contributed by atoms with E-state index in [2.05, 4.69) is 34.0 Å². The number of anilines is 1. The van der Waals surface area contributed by atoms with E-state index in [4.69, 9.17) is 4.74 Å². The average Bonchev–Trinajstić information content (AvgIpc) is 3.27. The number of ether oxygens (including phenoxy) is 1. The third-order valence-electron chi connectivity index (χ3n) is 6.36. The molecule has 2 aliphatic rings. The van der Waals surface area contributed by atoms with Gasteiger partial charge < -0.3 is 14.6 Å². The quantitative estimate of drug-likeness (QED) is 0.664. The molecule has 2 aromatic rings. The number of carbonyl (C=O) groups excluding carboxylic acids is 1. The highest BCUT2D eigenvalue weighted by Crippen LogP contribution is 2.31. The zero-order valence-electron chi connectivity index (χ0n) is 19.7. The van der Waals surface area contributed by atoms with Crippen molar-refractivity contribution in [3.05, 3.63) is 42.2 Å². The lowest BCUT2D eigenvalue weighted by molar-refractivity contribution is -0.118. The van der Waals surface area contributed by atoms with Crippen molar-refractivity contribution in [2.24, 2.45) is 0 Å². The maximum absolute atomic E-state index is 13.2. The van der Waals surface area contributed by atoms with Gasteiger partial charge in [-0.2, -0.15) is 4.31 Å². The first-order valence-electron chi connectivity index (χ1n) is 11.8. The van der Waals surface area contributed by atoms with Crippen LogP contribution in [0.2, 0.25) is 0 Å². The van der Waals surface area contributed by atoms with Gasteiger partial charge in [0.15, 0.2) is 0 Å². The molecule has 0 spiro atoms. The molecule has 0 radical (unpaired) electrons. The number of carbonyl (C=O) groups is 1. The Morgan fingerprint density at radius 1 is 1.12 bits per heavy atom. The fourth-order valence-corrected chi connectivity index (χ4v) is 6.14. The first kappa shape index (κ1) is 23.8. The van der Waals surface area contributed by atoms with Crippen LogP contribution in [0.25, 0.3) is 0 Å². The van der Waals surface area contributed by atoms with Gasteiger partial charge in [0.25, 0.3) is 0 Å². The molecule has 180 valence electrons. The molecular weight excluding hydrogens is 440 g/mol. The molecule has 2 aliphatic heterocycles. The van der Waals surface area contributed by atoms with Gasteiger partial charge in [0.05, 0.1) is 23.2 Å². The van der Waals surface area contributed by atoms with E-state index >= 15 is 0 Å². The summed E-state index contributed by atoms with van der Waals surface area (Å²) in [6, 6.07) is 8.97. The summed E-state index contributed by atoms with van der Waals surface area (Å²) in [7, 11) is -3.62.